The van der Waals surface area contributed by atoms with Crippen molar-refractivity contribution in [1.29, 1.82) is 0 Å². The standard InChI is InChI=1S/C17H20N2O6S2/c1-2-25-12-5-3-11(4-6-12)19-13-9-27(23,24)10-14(13)26-17(19)18-15(20)7-8-16(21)22/h3-6,13-14H,2,7-10H2,1H3,(H,21,22)/t13-,14-/m0/s1. The molecular weight excluding hydrogens is 392 g/mol. The lowest BCUT2D eigenvalue weighted by molar-refractivity contribution is -0.138. The third-order valence-electron chi connectivity index (χ3n) is 4.27. The number of carboxylic acids is 1. The number of aliphatic carboxylic acids is 1. The van der Waals surface area contributed by atoms with E-state index in [-0.39, 0.29) is 35.6 Å². The van der Waals surface area contributed by atoms with E-state index in [0.29, 0.717) is 17.5 Å². The number of carbonyl (C=O) groups is 2. The predicted molar refractivity (Wildman–Crippen MR) is 103 cm³/mol. The van der Waals surface area contributed by atoms with Crippen molar-refractivity contribution in [3.05, 3.63) is 24.3 Å². The largest absolute Gasteiger partial charge is 0.494 e. The summed E-state index contributed by atoms with van der Waals surface area (Å²) in [6.07, 6.45) is -0.477. The van der Waals surface area contributed by atoms with Gasteiger partial charge in [0.05, 0.1) is 30.6 Å². The molecule has 2 aliphatic heterocycles. The number of anilines is 1. The van der Waals surface area contributed by atoms with Gasteiger partial charge in [-0.1, -0.05) is 11.8 Å². The highest BCUT2D eigenvalue weighted by Gasteiger charge is 2.49. The highest BCUT2D eigenvalue weighted by atomic mass is 32.2. The number of sulfone groups is 1. The number of thioether (sulfide) groups is 1. The summed E-state index contributed by atoms with van der Waals surface area (Å²) in [5.74, 6) is -0.856. The number of carbonyl (C=O) groups excluding carboxylic acids is 1. The van der Waals surface area contributed by atoms with E-state index >= 15 is 0 Å². The maximum atomic E-state index is 12.0. The fraction of sp³-hybridized carbons (Fsp3) is 0.471. The third kappa shape index (κ3) is 4.62. The Hall–Kier alpha value is -2.07. The van der Waals surface area contributed by atoms with Crippen molar-refractivity contribution >= 4 is 44.3 Å². The Balaban J connectivity index is 1.88. The number of hydrogen-bond acceptors (Lipinski definition) is 6. The van der Waals surface area contributed by atoms with E-state index in [2.05, 4.69) is 4.99 Å². The summed E-state index contributed by atoms with van der Waals surface area (Å²) in [5, 5.41) is 8.93. The number of nitrogens with zero attached hydrogens (tertiary/aromatic N) is 2. The molecule has 2 heterocycles. The molecule has 0 spiro atoms. The van der Waals surface area contributed by atoms with Crippen molar-refractivity contribution in [2.45, 2.75) is 31.1 Å². The fourth-order valence-electron chi connectivity index (χ4n) is 3.11. The highest BCUT2D eigenvalue weighted by molar-refractivity contribution is 8.16. The summed E-state index contributed by atoms with van der Waals surface area (Å²) in [6.45, 7) is 2.42. The van der Waals surface area contributed by atoms with Crippen LogP contribution in [0.2, 0.25) is 0 Å². The maximum Gasteiger partial charge on any atom is 0.303 e. The number of ether oxygens (including phenoxy) is 1. The fourth-order valence-corrected chi connectivity index (χ4v) is 7.04. The van der Waals surface area contributed by atoms with E-state index in [9.17, 15) is 18.0 Å². The smallest absolute Gasteiger partial charge is 0.303 e. The molecule has 10 heteroatoms. The quantitative estimate of drug-likeness (QED) is 0.749. The van der Waals surface area contributed by atoms with Crippen LogP contribution in [0.25, 0.3) is 0 Å². The molecule has 0 radical (unpaired) electrons. The van der Waals surface area contributed by atoms with Crippen LogP contribution < -0.4 is 9.64 Å². The molecule has 2 saturated heterocycles. The Morgan fingerprint density at radius 3 is 2.59 bits per heavy atom. The second kappa shape index (κ2) is 7.89. The first-order valence-corrected chi connectivity index (χ1v) is 11.2. The molecular formula is C17H20N2O6S2. The summed E-state index contributed by atoms with van der Waals surface area (Å²) in [4.78, 5) is 28.5. The number of amidine groups is 1. The molecule has 1 aromatic rings. The van der Waals surface area contributed by atoms with E-state index in [1.54, 1.807) is 29.2 Å². The van der Waals surface area contributed by atoms with E-state index in [0.717, 1.165) is 5.69 Å². The van der Waals surface area contributed by atoms with E-state index < -0.39 is 21.7 Å². The first-order chi connectivity index (χ1) is 12.8. The normalized spacial score (nSPS) is 24.8. The molecule has 2 atom stereocenters. The minimum absolute atomic E-state index is 0.000213. The lowest BCUT2D eigenvalue weighted by Crippen LogP contribution is -2.37. The van der Waals surface area contributed by atoms with Gasteiger partial charge in [-0.3, -0.25) is 9.59 Å². The predicted octanol–water partition coefficient (Wildman–Crippen LogP) is 1.55. The van der Waals surface area contributed by atoms with Crippen molar-refractivity contribution in [1.82, 2.24) is 0 Å². The maximum absolute atomic E-state index is 12.0. The third-order valence-corrected chi connectivity index (χ3v) is 7.48. The molecule has 0 saturated carbocycles. The molecule has 1 aromatic carbocycles. The summed E-state index contributed by atoms with van der Waals surface area (Å²) < 4.78 is 29.5. The summed E-state index contributed by atoms with van der Waals surface area (Å²) in [7, 11) is -3.14. The minimum atomic E-state index is -3.14. The topological polar surface area (TPSA) is 113 Å². The molecule has 8 nitrogen and oxygen atoms in total. The van der Waals surface area contributed by atoms with Gasteiger partial charge in [-0.15, -0.1) is 0 Å². The number of carboxylic acid groups (broad SMARTS) is 1. The van der Waals surface area contributed by atoms with Gasteiger partial charge in [0, 0.05) is 17.4 Å². The molecule has 1 amide bonds. The molecule has 3 rings (SSSR count). The zero-order valence-corrected chi connectivity index (χ0v) is 16.3. The average molecular weight is 412 g/mol. The van der Waals surface area contributed by atoms with Gasteiger partial charge in [-0.2, -0.15) is 4.99 Å². The zero-order valence-electron chi connectivity index (χ0n) is 14.7. The van der Waals surface area contributed by atoms with Gasteiger partial charge in [0.1, 0.15) is 5.75 Å². The first kappa shape index (κ1) is 19.7. The van der Waals surface area contributed by atoms with Crippen molar-refractivity contribution in [2.24, 2.45) is 4.99 Å². The molecule has 1 N–H and O–H groups in total. The van der Waals surface area contributed by atoms with Gasteiger partial charge in [0.25, 0.3) is 0 Å². The summed E-state index contributed by atoms with van der Waals surface area (Å²) in [5.41, 5.74) is 0.723. The minimum Gasteiger partial charge on any atom is -0.494 e. The van der Waals surface area contributed by atoms with Crippen LogP contribution in [0.1, 0.15) is 19.8 Å². The van der Waals surface area contributed by atoms with Gasteiger partial charge in [0.2, 0.25) is 5.91 Å². The summed E-state index contributed by atoms with van der Waals surface area (Å²) >= 11 is 1.26. The monoisotopic (exact) mass is 412 g/mol. The lowest BCUT2D eigenvalue weighted by atomic mass is 10.2. The van der Waals surface area contributed by atoms with Crippen molar-refractivity contribution < 1.29 is 27.9 Å². The SMILES string of the molecule is CCOc1ccc(N2C(=NC(=O)CCC(=O)O)S[C@H]3CS(=O)(=O)C[C@@H]32)cc1. The Kier molecular flexibility index (Phi) is 5.75. The van der Waals surface area contributed by atoms with E-state index in [1.165, 1.54) is 11.8 Å². The number of amides is 1. The van der Waals surface area contributed by atoms with Crippen LogP contribution >= 0.6 is 11.8 Å². The second-order valence-electron chi connectivity index (χ2n) is 6.28. The molecule has 146 valence electrons. The van der Waals surface area contributed by atoms with Gasteiger partial charge >= 0.3 is 5.97 Å². The number of fused-ring (bicyclic) bond motifs is 1. The number of rotatable bonds is 6. The zero-order chi connectivity index (χ0) is 19.6. The van der Waals surface area contributed by atoms with Gasteiger partial charge < -0.3 is 14.7 Å². The Labute approximate surface area is 161 Å². The van der Waals surface area contributed by atoms with Crippen LogP contribution in [0.3, 0.4) is 0 Å². The first-order valence-electron chi connectivity index (χ1n) is 8.51. The molecule has 0 aromatic heterocycles. The van der Waals surface area contributed by atoms with Crippen molar-refractivity contribution in [3.8, 4) is 5.75 Å². The molecule has 27 heavy (non-hydrogen) atoms. The Bertz CT molecular complexity index is 866. The van der Waals surface area contributed by atoms with E-state index in [1.807, 2.05) is 6.92 Å². The Morgan fingerprint density at radius 2 is 1.96 bits per heavy atom. The van der Waals surface area contributed by atoms with Gasteiger partial charge in [-0.25, -0.2) is 8.42 Å². The Morgan fingerprint density at radius 1 is 1.26 bits per heavy atom. The van der Waals surface area contributed by atoms with Crippen LogP contribution in [-0.2, 0) is 19.4 Å². The molecule has 2 fully saturated rings. The molecule has 0 unspecified atom stereocenters. The van der Waals surface area contributed by atoms with Crippen molar-refractivity contribution in [3.63, 3.8) is 0 Å². The number of aliphatic imine (C=N–C) groups is 1. The summed E-state index contributed by atoms with van der Waals surface area (Å²) in [6, 6.07) is 6.87. The average Bonchev–Trinajstić information content (AvgIpc) is 3.05. The van der Waals surface area contributed by atoms with Crippen LogP contribution in [0.15, 0.2) is 29.3 Å². The van der Waals surface area contributed by atoms with Crippen LogP contribution in [-0.4, -0.2) is 60.0 Å². The molecule has 2 aliphatic rings. The highest BCUT2D eigenvalue weighted by Crippen LogP contribution is 2.41. The van der Waals surface area contributed by atoms with Gasteiger partial charge in [0.15, 0.2) is 15.0 Å². The molecule has 0 bridgehead atoms. The second-order valence-corrected chi connectivity index (χ2v) is 9.64. The van der Waals surface area contributed by atoms with Crippen LogP contribution in [0.5, 0.6) is 5.75 Å². The van der Waals surface area contributed by atoms with Gasteiger partial charge in [-0.05, 0) is 31.2 Å². The lowest BCUT2D eigenvalue weighted by Gasteiger charge is -2.24. The molecule has 0 aliphatic carbocycles. The van der Waals surface area contributed by atoms with Crippen molar-refractivity contribution in [2.75, 3.05) is 23.0 Å². The van der Waals surface area contributed by atoms with Crippen LogP contribution in [0.4, 0.5) is 5.69 Å². The number of benzene rings is 1. The van der Waals surface area contributed by atoms with Crippen LogP contribution in [0, 0.1) is 0 Å². The van der Waals surface area contributed by atoms with E-state index in [4.69, 9.17) is 9.84 Å². The number of hydrogen-bond donors (Lipinski definition) is 1.